The molecule has 1 fully saturated rings. The molecule has 1 aliphatic carbocycles. The molecule has 1 aliphatic rings. The summed E-state index contributed by atoms with van der Waals surface area (Å²) < 4.78 is 0. The number of aliphatic carboxylic acids is 1. The van der Waals surface area contributed by atoms with E-state index in [1.54, 1.807) is 24.3 Å². The van der Waals surface area contributed by atoms with Crippen molar-refractivity contribution in [1.82, 2.24) is 10.6 Å². The quantitative estimate of drug-likeness (QED) is 0.732. The van der Waals surface area contributed by atoms with E-state index in [2.05, 4.69) is 10.6 Å². The number of carboxylic acids is 1. The second-order valence-electron chi connectivity index (χ2n) is 6.01. The SMILES string of the molecule is O=C(CCNC(=O)c1ccc(Cl)cc1)NC1(C(=O)O)CCCCC1. The molecule has 7 heteroatoms. The Hall–Kier alpha value is -2.08. The normalized spacial score (nSPS) is 16.2. The lowest BCUT2D eigenvalue weighted by Gasteiger charge is -2.34. The highest BCUT2D eigenvalue weighted by molar-refractivity contribution is 6.30. The summed E-state index contributed by atoms with van der Waals surface area (Å²) in [6.45, 7) is 0.142. The Bertz CT molecular complexity index is 610. The fourth-order valence-electron chi connectivity index (χ4n) is 2.87. The zero-order valence-corrected chi connectivity index (χ0v) is 14.1. The molecule has 1 aromatic rings. The molecule has 1 aromatic carbocycles. The predicted octanol–water partition coefficient (Wildman–Crippen LogP) is 2.36. The molecule has 24 heavy (non-hydrogen) atoms. The first-order chi connectivity index (χ1) is 11.4. The van der Waals surface area contributed by atoms with E-state index in [4.69, 9.17) is 11.6 Å². The van der Waals surface area contributed by atoms with Crippen LogP contribution in [-0.4, -0.2) is 35.0 Å². The number of rotatable bonds is 6. The van der Waals surface area contributed by atoms with E-state index in [0.717, 1.165) is 19.3 Å². The summed E-state index contributed by atoms with van der Waals surface area (Å²) >= 11 is 5.76. The number of nitrogens with one attached hydrogen (secondary N) is 2. The fraction of sp³-hybridized carbons (Fsp3) is 0.471. The molecule has 130 valence electrons. The van der Waals surface area contributed by atoms with Gasteiger partial charge in [-0.15, -0.1) is 0 Å². The van der Waals surface area contributed by atoms with Gasteiger partial charge in [0.1, 0.15) is 5.54 Å². The fourth-order valence-corrected chi connectivity index (χ4v) is 3.00. The van der Waals surface area contributed by atoms with Crippen LogP contribution in [0.3, 0.4) is 0 Å². The summed E-state index contributed by atoms with van der Waals surface area (Å²) in [5.41, 5.74) is -0.704. The van der Waals surface area contributed by atoms with Gasteiger partial charge in [-0.1, -0.05) is 30.9 Å². The molecule has 1 saturated carbocycles. The Morgan fingerprint density at radius 3 is 2.29 bits per heavy atom. The molecule has 2 rings (SSSR count). The molecule has 2 amide bonds. The van der Waals surface area contributed by atoms with Crippen molar-refractivity contribution in [3.63, 3.8) is 0 Å². The van der Waals surface area contributed by atoms with Gasteiger partial charge in [-0.05, 0) is 37.1 Å². The molecule has 0 aromatic heterocycles. The van der Waals surface area contributed by atoms with Crippen LogP contribution in [0.15, 0.2) is 24.3 Å². The largest absolute Gasteiger partial charge is 0.480 e. The van der Waals surface area contributed by atoms with E-state index in [1.807, 2.05) is 0 Å². The molecule has 0 aliphatic heterocycles. The third kappa shape index (κ3) is 4.71. The third-order valence-corrected chi connectivity index (χ3v) is 4.49. The van der Waals surface area contributed by atoms with E-state index in [9.17, 15) is 19.5 Å². The smallest absolute Gasteiger partial charge is 0.329 e. The zero-order valence-electron chi connectivity index (χ0n) is 13.3. The summed E-state index contributed by atoms with van der Waals surface area (Å²) in [5.74, 6) is -1.65. The van der Waals surface area contributed by atoms with Crippen LogP contribution in [0.4, 0.5) is 0 Å². The van der Waals surface area contributed by atoms with Crippen LogP contribution in [0.1, 0.15) is 48.9 Å². The molecule has 3 N–H and O–H groups in total. The number of benzene rings is 1. The average Bonchev–Trinajstić information content (AvgIpc) is 2.56. The molecular formula is C17H21ClN2O4. The molecule has 0 atom stereocenters. The Labute approximate surface area is 145 Å². The monoisotopic (exact) mass is 352 g/mol. The highest BCUT2D eigenvalue weighted by Gasteiger charge is 2.40. The maximum absolute atomic E-state index is 12.0. The van der Waals surface area contributed by atoms with Gasteiger partial charge >= 0.3 is 5.97 Å². The van der Waals surface area contributed by atoms with E-state index in [0.29, 0.717) is 23.4 Å². The highest BCUT2D eigenvalue weighted by Crippen LogP contribution is 2.28. The lowest BCUT2D eigenvalue weighted by Crippen LogP contribution is -2.55. The molecule has 0 bridgehead atoms. The molecule has 0 radical (unpaired) electrons. The molecule has 0 heterocycles. The topological polar surface area (TPSA) is 95.5 Å². The number of carboxylic acid groups (broad SMARTS) is 1. The molecule has 6 nitrogen and oxygen atoms in total. The van der Waals surface area contributed by atoms with E-state index in [-0.39, 0.29) is 24.8 Å². The van der Waals surface area contributed by atoms with Crippen LogP contribution in [0, 0.1) is 0 Å². The molecular weight excluding hydrogens is 332 g/mol. The van der Waals surface area contributed by atoms with Crippen LogP contribution in [0.2, 0.25) is 5.02 Å². The van der Waals surface area contributed by atoms with Gasteiger partial charge in [0.05, 0.1) is 0 Å². The summed E-state index contributed by atoms with van der Waals surface area (Å²) in [6, 6.07) is 6.42. The van der Waals surface area contributed by atoms with Gasteiger partial charge in [-0.2, -0.15) is 0 Å². The maximum atomic E-state index is 12.0. The van der Waals surface area contributed by atoms with Crippen molar-refractivity contribution in [3.8, 4) is 0 Å². The number of carbonyl (C=O) groups excluding carboxylic acids is 2. The lowest BCUT2D eigenvalue weighted by atomic mass is 9.81. The van der Waals surface area contributed by atoms with Crippen LogP contribution in [-0.2, 0) is 9.59 Å². The summed E-state index contributed by atoms with van der Waals surface area (Å²) in [7, 11) is 0. The van der Waals surface area contributed by atoms with Crippen LogP contribution in [0.5, 0.6) is 0 Å². The van der Waals surface area contributed by atoms with Crippen molar-refractivity contribution in [3.05, 3.63) is 34.9 Å². The summed E-state index contributed by atoms with van der Waals surface area (Å²) in [6.07, 6.45) is 3.51. The first-order valence-corrected chi connectivity index (χ1v) is 8.39. The van der Waals surface area contributed by atoms with Crippen LogP contribution < -0.4 is 10.6 Å². The van der Waals surface area contributed by atoms with Gasteiger partial charge < -0.3 is 15.7 Å². The van der Waals surface area contributed by atoms with E-state index >= 15 is 0 Å². The van der Waals surface area contributed by atoms with Gasteiger partial charge in [0.15, 0.2) is 0 Å². The first kappa shape index (κ1) is 18.3. The number of carbonyl (C=O) groups is 3. The van der Waals surface area contributed by atoms with Crippen molar-refractivity contribution in [1.29, 1.82) is 0 Å². The van der Waals surface area contributed by atoms with Crippen molar-refractivity contribution < 1.29 is 19.5 Å². The average molecular weight is 353 g/mol. The standard InChI is InChI=1S/C17H21ClN2O4/c18-13-6-4-12(5-7-13)15(22)19-11-8-14(21)20-17(16(23)24)9-2-1-3-10-17/h4-7H,1-3,8-11H2,(H,19,22)(H,20,21)(H,23,24). The summed E-state index contributed by atoms with van der Waals surface area (Å²) in [5, 5.41) is 15.2. The van der Waals surface area contributed by atoms with Crippen molar-refractivity contribution in [2.45, 2.75) is 44.1 Å². The van der Waals surface area contributed by atoms with Crippen molar-refractivity contribution >= 4 is 29.4 Å². The Kier molecular flexibility index (Phi) is 6.20. The number of halogens is 1. The second-order valence-corrected chi connectivity index (χ2v) is 6.45. The molecule has 0 unspecified atom stereocenters. The van der Waals surface area contributed by atoms with Gasteiger partial charge in [0.25, 0.3) is 5.91 Å². The van der Waals surface area contributed by atoms with Gasteiger partial charge in [-0.25, -0.2) is 4.79 Å². The van der Waals surface area contributed by atoms with Gasteiger partial charge in [-0.3, -0.25) is 9.59 Å². The Balaban J connectivity index is 1.81. The highest BCUT2D eigenvalue weighted by atomic mass is 35.5. The lowest BCUT2D eigenvalue weighted by molar-refractivity contribution is -0.149. The van der Waals surface area contributed by atoms with E-state index in [1.165, 1.54) is 0 Å². The minimum Gasteiger partial charge on any atom is -0.480 e. The summed E-state index contributed by atoms with van der Waals surface area (Å²) in [4.78, 5) is 35.5. The number of hydrogen-bond donors (Lipinski definition) is 3. The Morgan fingerprint density at radius 2 is 1.71 bits per heavy atom. The first-order valence-electron chi connectivity index (χ1n) is 8.01. The Morgan fingerprint density at radius 1 is 1.08 bits per heavy atom. The minimum absolute atomic E-state index is 0.0361. The molecule has 0 spiro atoms. The van der Waals surface area contributed by atoms with E-state index < -0.39 is 11.5 Å². The van der Waals surface area contributed by atoms with Gasteiger partial charge in [0.2, 0.25) is 5.91 Å². The third-order valence-electron chi connectivity index (χ3n) is 4.24. The minimum atomic E-state index is -1.16. The van der Waals surface area contributed by atoms with Crippen LogP contribution in [0.25, 0.3) is 0 Å². The maximum Gasteiger partial charge on any atom is 0.329 e. The number of amides is 2. The molecule has 0 saturated heterocycles. The van der Waals surface area contributed by atoms with Crippen molar-refractivity contribution in [2.24, 2.45) is 0 Å². The second kappa shape index (κ2) is 8.15. The zero-order chi connectivity index (χ0) is 17.6. The predicted molar refractivity (Wildman–Crippen MR) is 90.0 cm³/mol. The van der Waals surface area contributed by atoms with Crippen molar-refractivity contribution in [2.75, 3.05) is 6.54 Å². The van der Waals surface area contributed by atoms with Crippen LogP contribution >= 0.6 is 11.6 Å². The van der Waals surface area contributed by atoms with Gasteiger partial charge in [0, 0.05) is 23.6 Å². The number of hydrogen-bond acceptors (Lipinski definition) is 3.